The predicted octanol–water partition coefficient (Wildman–Crippen LogP) is 2.30. The minimum Gasteiger partial charge on any atom is -0.469 e. The maximum atomic E-state index is 12.9. The number of hydrogen-bond acceptors (Lipinski definition) is 4. The van der Waals surface area contributed by atoms with Crippen molar-refractivity contribution in [1.82, 2.24) is 14.3 Å². The standard InChI is InChI=1S/C17H23N3O3/c1-12(2)11-19(10-8-15(21)23-4)17(22)16-14-7-5-6-9-20(14)13(3)18-16/h5-7,9,12H,8,10-11H2,1-4H3. The summed E-state index contributed by atoms with van der Waals surface area (Å²) in [5.41, 5.74) is 1.20. The molecular formula is C17H23N3O3. The van der Waals surface area contributed by atoms with Crippen molar-refractivity contribution in [2.45, 2.75) is 27.2 Å². The number of aromatic nitrogens is 2. The van der Waals surface area contributed by atoms with Crippen LogP contribution >= 0.6 is 0 Å². The first-order chi connectivity index (χ1) is 10.9. The van der Waals surface area contributed by atoms with E-state index in [2.05, 4.69) is 9.72 Å². The Hall–Kier alpha value is -2.37. The van der Waals surface area contributed by atoms with Crippen LogP contribution in [-0.4, -0.2) is 46.4 Å². The molecule has 2 aromatic rings. The topological polar surface area (TPSA) is 63.9 Å². The van der Waals surface area contributed by atoms with Gasteiger partial charge in [-0.3, -0.25) is 9.59 Å². The monoisotopic (exact) mass is 317 g/mol. The minimum absolute atomic E-state index is 0.153. The van der Waals surface area contributed by atoms with E-state index in [9.17, 15) is 9.59 Å². The van der Waals surface area contributed by atoms with Crippen LogP contribution < -0.4 is 0 Å². The number of imidazole rings is 1. The average Bonchev–Trinajstić information content (AvgIpc) is 2.87. The van der Waals surface area contributed by atoms with Gasteiger partial charge >= 0.3 is 5.97 Å². The molecule has 0 aromatic carbocycles. The van der Waals surface area contributed by atoms with Crippen molar-refractivity contribution in [3.05, 3.63) is 35.9 Å². The molecular weight excluding hydrogens is 294 g/mol. The van der Waals surface area contributed by atoms with E-state index in [1.54, 1.807) is 4.90 Å². The number of amides is 1. The maximum Gasteiger partial charge on any atom is 0.307 e. The van der Waals surface area contributed by atoms with Crippen molar-refractivity contribution < 1.29 is 14.3 Å². The van der Waals surface area contributed by atoms with Crippen molar-refractivity contribution in [3.63, 3.8) is 0 Å². The van der Waals surface area contributed by atoms with E-state index in [-0.39, 0.29) is 18.3 Å². The van der Waals surface area contributed by atoms with Crippen LogP contribution in [0.3, 0.4) is 0 Å². The number of pyridine rings is 1. The van der Waals surface area contributed by atoms with Crippen LogP contribution in [0.1, 0.15) is 36.6 Å². The zero-order valence-corrected chi connectivity index (χ0v) is 14.1. The summed E-state index contributed by atoms with van der Waals surface area (Å²) < 4.78 is 6.56. The van der Waals surface area contributed by atoms with Crippen LogP contribution in [0.4, 0.5) is 0 Å². The highest BCUT2D eigenvalue weighted by atomic mass is 16.5. The molecule has 0 bridgehead atoms. The van der Waals surface area contributed by atoms with E-state index in [1.807, 2.05) is 49.6 Å². The third kappa shape index (κ3) is 3.88. The number of methoxy groups -OCH3 is 1. The third-order valence-corrected chi connectivity index (χ3v) is 3.61. The number of carbonyl (C=O) groups excluding carboxylic acids is 2. The molecule has 2 heterocycles. The lowest BCUT2D eigenvalue weighted by molar-refractivity contribution is -0.140. The molecule has 0 saturated carbocycles. The Balaban J connectivity index is 2.29. The largest absolute Gasteiger partial charge is 0.469 e. The second-order valence-corrected chi connectivity index (χ2v) is 5.93. The van der Waals surface area contributed by atoms with Gasteiger partial charge in [0.15, 0.2) is 5.69 Å². The Morgan fingerprint density at radius 2 is 2.09 bits per heavy atom. The first-order valence-corrected chi connectivity index (χ1v) is 7.73. The summed E-state index contributed by atoms with van der Waals surface area (Å²) in [4.78, 5) is 30.4. The molecule has 2 aromatic heterocycles. The van der Waals surface area contributed by atoms with Gasteiger partial charge < -0.3 is 14.0 Å². The number of rotatable bonds is 6. The second kappa shape index (κ2) is 7.26. The van der Waals surface area contributed by atoms with Crippen LogP contribution in [0.2, 0.25) is 0 Å². The van der Waals surface area contributed by atoms with Gasteiger partial charge in [-0.15, -0.1) is 0 Å². The van der Waals surface area contributed by atoms with Gasteiger partial charge in [-0.2, -0.15) is 0 Å². The van der Waals surface area contributed by atoms with E-state index >= 15 is 0 Å². The van der Waals surface area contributed by atoms with Crippen LogP contribution in [0, 0.1) is 12.8 Å². The predicted molar refractivity (Wildman–Crippen MR) is 87.3 cm³/mol. The first-order valence-electron chi connectivity index (χ1n) is 7.73. The minimum atomic E-state index is -0.322. The molecule has 1 amide bonds. The average molecular weight is 317 g/mol. The number of esters is 1. The fourth-order valence-electron chi connectivity index (χ4n) is 2.54. The molecule has 0 aliphatic rings. The summed E-state index contributed by atoms with van der Waals surface area (Å²) in [6.45, 7) is 6.84. The fraction of sp³-hybridized carbons (Fsp3) is 0.471. The highest BCUT2D eigenvalue weighted by Gasteiger charge is 2.23. The lowest BCUT2D eigenvalue weighted by Gasteiger charge is -2.23. The van der Waals surface area contributed by atoms with Crippen molar-refractivity contribution in [1.29, 1.82) is 0 Å². The van der Waals surface area contributed by atoms with Crippen molar-refractivity contribution >= 4 is 17.4 Å². The summed E-state index contributed by atoms with van der Waals surface area (Å²) in [6, 6.07) is 5.66. The Morgan fingerprint density at radius 3 is 2.74 bits per heavy atom. The normalized spacial score (nSPS) is 11.0. The quantitative estimate of drug-likeness (QED) is 0.767. The Bertz CT molecular complexity index is 706. The molecule has 0 spiro atoms. The van der Waals surface area contributed by atoms with Gasteiger partial charge in [0.1, 0.15) is 5.82 Å². The molecule has 0 N–H and O–H groups in total. The molecule has 0 saturated heterocycles. The molecule has 0 aliphatic carbocycles. The van der Waals surface area contributed by atoms with Gasteiger partial charge in [-0.05, 0) is 25.0 Å². The molecule has 0 unspecified atom stereocenters. The summed E-state index contributed by atoms with van der Waals surface area (Å²) >= 11 is 0. The highest BCUT2D eigenvalue weighted by molar-refractivity contribution is 5.99. The van der Waals surface area contributed by atoms with Crippen LogP contribution in [0.5, 0.6) is 0 Å². The van der Waals surface area contributed by atoms with Crippen LogP contribution in [-0.2, 0) is 9.53 Å². The number of fused-ring (bicyclic) bond motifs is 1. The van der Waals surface area contributed by atoms with E-state index in [0.29, 0.717) is 24.7 Å². The number of ether oxygens (including phenoxy) is 1. The van der Waals surface area contributed by atoms with Gasteiger partial charge in [0.05, 0.1) is 19.0 Å². The van der Waals surface area contributed by atoms with E-state index in [4.69, 9.17) is 0 Å². The van der Waals surface area contributed by atoms with Gasteiger partial charge in [-0.1, -0.05) is 19.9 Å². The molecule has 0 aliphatic heterocycles. The zero-order valence-electron chi connectivity index (χ0n) is 14.1. The first kappa shape index (κ1) is 17.0. The number of hydrogen-bond donors (Lipinski definition) is 0. The van der Waals surface area contributed by atoms with Crippen molar-refractivity contribution in [3.8, 4) is 0 Å². The third-order valence-electron chi connectivity index (χ3n) is 3.61. The molecule has 0 atom stereocenters. The summed E-state index contributed by atoms with van der Waals surface area (Å²) in [7, 11) is 1.35. The molecule has 124 valence electrons. The molecule has 0 radical (unpaired) electrons. The number of carbonyl (C=O) groups is 2. The maximum absolute atomic E-state index is 12.9. The van der Waals surface area contributed by atoms with E-state index in [0.717, 1.165) is 11.3 Å². The smallest absolute Gasteiger partial charge is 0.307 e. The van der Waals surface area contributed by atoms with Crippen molar-refractivity contribution in [2.75, 3.05) is 20.2 Å². The molecule has 2 rings (SSSR count). The van der Waals surface area contributed by atoms with E-state index in [1.165, 1.54) is 7.11 Å². The summed E-state index contributed by atoms with van der Waals surface area (Å²) in [5.74, 6) is 0.588. The molecule has 23 heavy (non-hydrogen) atoms. The lowest BCUT2D eigenvalue weighted by atomic mass is 10.2. The van der Waals surface area contributed by atoms with Gasteiger partial charge in [0, 0.05) is 19.3 Å². The lowest BCUT2D eigenvalue weighted by Crippen LogP contribution is -2.36. The molecule has 6 nitrogen and oxygen atoms in total. The second-order valence-electron chi connectivity index (χ2n) is 5.93. The van der Waals surface area contributed by atoms with Gasteiger partial charge in [-0.25, -0.2) is 4.98 Å². The SMILES string of the molecule is COC(=O)CCN(CC(C)C)C(=O)c1nc(C)n2ccccc12. The number of nitrogens with zero attached hydrogens (tertiary/aromatic N) is 3. The Labute approximate surface area is 136 Å². The van der Waals surface area contributed by atoms with E-state index < -0.39 is 0 Å². The summed E-state index contributed by atoms with van der Waals surface area (Å²) in [6.07, 6.45) is 2.06. The zero-order chi connectivity index (χ0) is 17.0. The van der Waals surface area contributed by atoms with Crippen LogP contribution in [0.15, 0.2) is 24.4 Å². The van der Waals surface area contributed by atoms with Gasteiger partial charge in [0.25, 0.3) is 5.91 Å². The van der Waals surface area contributed by atoms with Gasteiger partial charge in [0.2, 0.25) is 0 Å². The van der Waals surface area contributed by atoms with Crippen molar-refractivity contribution in [2.24, 2.45) is 5.92 Å². The highest BCUT2D eigenvalue weighted by Crippen LogP contribution is 2.16. The molecule has 0 fully saturated rings. The molecule has 6 heteroatoms. The van der Waals surface area contributed by atoms with Crippen LogP contribution in [0.25, 0.3) is 5.52 Å². The Morgan fingerprint density at radius 1 is 1.35 bits per heavy atom. The number of aryl methyl sites for hydroxylation is 1. The Kier molecular flexibility index (Phi) is 5.36. The summed E-state index contributed by atoms with van der Waals surface area (Å²) in [5, 5.41) is 0. The fourth-order valence-corrected chi connectivity index (χ4v) is 2.54.